The van der Waals surface area contributed by atoms with Gasteiger partial charge in [0.05, 0.1) is 6.61 Å². The fourth-order valence-corrected chi connectivity index (χ4v) is 2.27. The van der Waals surface area contributed by atoms with E-state index in [0.29, 0.717) is 23.2 Å². The zero-order chi connectivity index (χ0) is 12.1. The Balaban J connectivity index is 2.69. The first-order chi connectivity index (χ1) is 7.58. The molecule has 3 nitrogen and oxygen atoms in total. The van der Waals surface area contributed by atoms with Crippen molar-refractivity contribution in [2.45, 2.75) is 33.6 Å². The minimum absolute atomic E-state index is 0.309. The monoisotopic (exact) mass is 242 g/mol. The van der Waals surface area contributed by atoms with Gasteiger partial charge in [0.2, 0.25) is 0 Å². The molecule has 4 heteroatoms. The van der Waals surface area contributed by atoms with Gasteiger partial charge in [0.1, 0.15) is 5.75 Å². The number of thiophene rings is 1. The maximum Gasteiger partial charge on any atom is 0.349 e. The van der Waals surface area contributed by atoms with Crippen LogP contribution in [0.25, 0.3) is 0 Å². The van der Waals surface area contributed by atoms with Crippen molar-refractivity contribution in [3.8, 4) is 5.75 Å². The van der Waals surface area contributed by atoms with Crippen LogP contribution in [0.3, 0.4) is 0 Å². The molecule has 0 fully saturated rings. The van der Waals surface area contributed by atoms with E-state index in [4.69, 9.17) is 9.84 Å². The summed E-state index contributed by atoms with van der Waals surface area (Å²) in [7, 11) is 0. The molecule has 16 heavy (non-hydrogen) atoms. The van der Waals surface area contributed by atoms with Gasteiger partial charge in [-0.2, -0.15) is 0 Å². The van der Waals surface area contributed by atoms with Gasteiger partial charge in [-0.05, 0) is 18.9 Å². The van der Waals surface area contributed by atoms with Crippen LogP contribution in [0, 0.1) is 12.8 Å². The molecule has 0 unspecified atom stereocenters. The van der Waals surface area contributed by atoms with Gasteiger partial charge in [0, 0.05) is 4.88 Å². The van der Waals surface area contributed by atoms with Gasteiger partial charge < -0.3 is 9.84 Å². The fourth-order valence-electron chi connectivity index (χ4n) is 1.48. The number of ether oxygens (including phenoxy) is 1. The Morgan fingerprint density at radius 2 is 2.12 bits per heavy atom. The number of carbonyl (C=O) groups is 1. The van der Waals surface area contributed by atoms with Gasteiger partial charge in [0.15, 0.2) is 4.88 Å². The van der Waals surface area contributed by atoms with Crippen molar-refractivity contribution in [2.24, 2.45) is 5.92 Å². The average Bonchev–Trinajstić information content (AvgIpc) is 2.61. The molecule has 0 atom stereocenters. The average molecular weight is 242 g/mol. The normalized spacial score (nSPS) is 10.8. The summed E-state index contributed by atoms with van der Waals surface area (Å²) in [5.41, 5.74) is 0. The summed E-state index contributed by atoms with van der Waals surface area (Å²) in [5.74, 6) is 0.112. The summed E-state index contributed by atoms with van der Waals surface area (Å²) >= 11 is 1.26. The second kappa shape index (κ2) is 5.89. The number of aryl methyl sites for hydroxylation is 1. The summed E-state index contributed by atoms with van der Waals surface area (Å²) in [5, 5.41) is 8.99. The number of hydrogen-bond donors (Lipinski definition) is 1. The van der Waals surface area contributed by atoms with E-state index >= 15 is 0 Å². The van der Waals surface area contributed by atoms with Crippen LogP contribution in [0.5, 0.6) is 5.75 Å². The molecule has 90 valence electrons. The molecule has 1 N–H and O–H groups in total. The highest BCUT2D eigenvalue weighted by Gasteiger charge is 2.16. The summed E-state index contributed by atoms with van der Waals surface area (Å²) in [4.78, 5) is 12.2. The molecule has 0 aliphatic heterocycles. The summed E-state index contributed by atoms with van der Waals surface area (Å²) in [6, 6.07) is 1.80. The van der Waals surface area contributed by atoms with E-state index < -0.39 is 5.97 Å². The Kier molecular flexibility index (Phi) is 4.80. The lowest BCUT2D eigenvalue weighted by atomic mass is 10.1. The Bertz CT molecular complexity index is 353. The third kappa shape index (κ3) is 3.23. The number of aromatic carboxylic acids is 1. The van der Waals surface area contributed by atoms with Gasteiger partial charge in [-0.3, -0.25) is 0 Å². The number of carboxylic acids is 1. The largest absolute Gasteiger partial charge is 0.491 e. The van der Waals surface area contributed by atoms with Crippen molar-refractivity contribution in [1.82, 2.24) is 0 Å². The molecule has 0 bridgehead atoms. The number of hydrogen-bond acceptors (Lipinski definition) is 3. The quantitative estimate of drug-likeness (QED) is 0.829. The molecular formula is C12H18O3S. The molecule has 0 radical (unpaired) electrons. The van der Waals surface area contributed by atoms with Gasteiger partial charge >= 0.3 is 5.97 Å². The molecule has 0 spiro atoms. The summed E-state index contributed by atoms with van der Waals surface area (Å²) in [6.45, 7) is 6.73. The van der Waals surface area contributed by atoms with Gasteiger partial charge in [-0.1, -0.05) is 26.7 Å². The topological polar surface area (TPSA) is 46.5 Å². The molecule has 1 heterocycles. The Morgan fingerprint density at radius 1 is 1.50 bits per heavy atom. The van der Waals surface area contributed by atoms with Crippen LogP contribution in [-0.2, 0) is 0 Å². The molecule has 0 saturated heterocycles. The van der Waals surface area contributed by atoms with Crippen molar-refractivity contribution in [1.29, 1.82) is 0 Å². The maximum absolute atomic E-state index is 10.9. The molecule has 0 saturated carbocycles. The van der Waals surface area contributed by atoms with Gasteiger partial charge in [0.25, 0.3) is 0 Å². The van der Waals surface area contributed by atoms with Gasteiger partial charge in [-0.25, -0.2) is 4.79 Å². The Morgan fingerprint density at radius 3 is 2.62 bits per heavy atom. The third-order valence-electron chi connectivity index (χ3n) is 2.64. The standard InChI is InChI=1S/C12H18O3S/c1-4-9(5-2)7-15-10-6-8(3)16-11(10)12(13)14/h6,9H,4-5,7H2,1-3H3,(H,13,14). The molecule has 1 aromatic rings. The van der Waals surface area contributed by atoms with Gasteiger partial charge in [-0.15, -0.1) is 11.3 Å². The predicted octanol–water partition coefficient (Wildman–Crippen LogP) is 3.57. The van der Waals surface area contributed by atoms with E-state index in [2.05, 4.69) is 13.8 Å². The first kappa shape index (κ1) is 13.0. The molecule has 1 aromatic heterocycles. The van der Waals surface area contributed by atoms with Crippen LogP contribution < -0.4 is 4.74 Å². The predicted molar refractivity (Wildman–Crippen MR) is 65.6 cm³/mol. The van der Waals surface area contributed by atoms with Crippen molar-refractivity contribution in [3.05, 3.63) is 15.8 Å². The van der Waals surface area contributed by atoms with Crippen LogP contribution in [0.15, 0.2) is 6.07 Å². The highest BCUT2D eigenvalue weighted by atomic mass is 32.1. The van der Waals surface area contributed by atoms with Crippen LogP contribution in [-0.4, -0.2) is 17.7 Å². The molecule has 0 aliphatic carbocycles. The van der Waals surface area contributed by atoms with Crippen molar-refractivity contribution >= 4 is 17.3 Å². The lowest BCUT2D eigenvalue weighted by molar-refractivity contribution is 0.0697. The van der Waals surface area contributed by atoms with E-state index in [9.17, 15) is 4.79 Å². The van der Waals surface area contributed by atoms with Crippen molar-refractivity contribution in [2.75, 3.05) is 6.61 Å². The highest BCUT2D eigenvalue weighted by Crippen LogP contribution is 2.29. The maximum atomic E-state index is 10.9. The van der Waals surface area contributed by atoms with Crippen LogP contribution in [0.2, 0.25) is 0 Å². The van der Waals surface area contributed by atoms with Crippen molar-refractivity contribution in [3.63, 3.8) is 0 Å². The number of carboxylic acid groups (broad SMARTS) is 1. The smallest absolute Gasteiger partial charge is 0.349 e. The first-order valence-electron chi connectivity index (χ1n) is 5.55. The SMILES string of the molecule is CCC(CC)COc1cc(C)sc1C(=O)O. The number of rotatable bonds is 6. The second-order valence-electron chi connectivity index (χ2n) is 3.85. The lowest BCUT2D eigenvalue weighted by Crippen LogP contribution is -2.11. The zero-order valence-corrected chi connectivity index (χ0v) is 10.8. The fraction of sp³-hybridized carbons (Fsp3) is 0.583. The molecule has 1 rings (SSSR count). The summed E-state index contributed by atoms with van der Waals surface area (Å²) < 4.78 is 5.59. The molecule has 0 aromatic carbocycles. The Labute approximate surface area is 100 Å². The Hall–Kier alpha value is -1.03. The minimum atomic E-state index is -0.905. The first-order valence-corrected chi connectivity index (χ1v) is 6.36. The minimum Gasteiger partial charge on any atom is -0.491 e. The van der Waals surface area contributed by atoms with E-state index in [1.54, 1.807) is 6.07 Å². The van der Waals surface area contributed by atoms with E-state index in [-0.39, 0.29) is 0 Å². The van der Waals surface area contributed by atoms with E-state index in [0.717, 1.165) is 17.7 Å². The third-order valence-corrected chi connectivity index (χ3v) is 3.66. The van der Waals surface area contributed by atoms with E-state index in [1.807, 2.05) is 6.92 Å². The highest BCUT2D eigenvalue weighted by molar-refractivity contribution is 7.14. The van der Waals surface area contributed by atoms with Crippen molar-refractivity contribution < 1.29 is 14.6 Å². The molecule has 0 aliphatic rings. The molecule has 0 amide bonds. The summed E-state index contributed by atoms with van der Waals surface area (Å²) in [6.07, 6.45) is 2.12. The lowest BCUT2D eigenvalue weighted by Gasteiger charge is -2.13. The van der Waals surface area contributed by atoms with Crippen LogP contribution in [0.1, 0.15) is 41.2 Å². The second-order valence-corrected chi connectivity index (χ2v) is 5.11. The van der Waals surface area contributed by atoms with Crippen LogP contribution >= 0.6 is 11.3 Å². The zero-order valence-electron chi connectivity index (χ0n) is 9.95. The van der Waals surface area contributed by atoms with Crippen LogP contribution in [0.4, 0.5) is 0 Å². The van der Waals surface area contributed by atoms with E-state index in [1.165, 1.54) is 11.3 Å². The molecular weight excluding hydrogens is 224 g/mol.